The number of hydrogen-bond donors (Lipinski definition) is 0. The maximum absolute atomic E-state index is 12.3. The van der Waals surface area contributed by atoms with Gasteiger partial charge in [-0.3, -0.25) is 0 Å². The van der Waals surface area contributed by atoms with Crippen LogP contribution in [-0.4, -0.2) is 8.42 Å². The summed E-state index contributed by atoms with van der Waals surface area (Å²) < 4.78 is 29.9. The summed E-state index contributed by atoms with van der Waals surface area (Å²) in [6, 6.07) is 10.5. The molecule has 0 heterocycles. The third kappa shape index (κ3) is 3.02. The minimum atomic E-state index is -3.80. The molecule has 0 aromatic heterocycles. The first kappa shape index (κ1) is 14.6. The molecule has 0 N–H and O–H groups in total. The molecular weight excluding hydrogens is 272 g/mol. The van der Waals surface area contributed by atoms with E-state index in [-0.39, 0.29) is 4.90 Å². The molecule has 0 unspecified atom stereocenters. The van der Waals surface area contributed by atoms with Crippen LogP contribution < -0.4 is 4.18 Å². The van der Waals surface area contributed by atoms with Crippen molar-refractivity contribution < 1.29 is 12.6 Å². The van der Waals surface area contributed by atoms with Gasteiger partial charge in [-0.2, -0.15) is 8.42 Å². The van der Waals surface area contributed by atoms with Gasteiger partial charge in [0.1, 0.15) is 10.6 Å². The summed E-state index contributed by atoms with van der Waals surface area (Å²) in [5, 5.41) is 0. The van der Waals surface area contributed by atoms with E-state index < -0.39 is 10.1 Å². The highest BCUT2D eigenvalue weighted by molar-refractivity contribution is 7.87. The van der Waals surface area contributed by atoms with Gasteiger partial charge in [-0.25, -0.2) is 0 Å². The zero-order valence-corrected chi connectivity index (χ0v) is 12.9. The third-order valence-electron chi connectivity index (χ3n) is 3.29. The largest absolute Gasteiger partial charge is 0.379 e. The molecule has 106 valence electrons. The van der Waals surface area contributed by atoms with E-state index in [4.69, 9.17) is 4.18 Å². The van der Waals surface area contributed by atoms with E-state index in [0.29, 0.717) is 11.3 Å². The van der Waals surface area contributed by atoms with Gasteiger partial charge < -0.3 is 4.18 Å². The zero-order valence-electron chi connectivity index (χ0n) is 12.1. The smallest absolute Gasteiger partial charge is 0.339 e. The minimum Gasteiger partial charge on any atom is -0.379 e. The Labute approximate surface area is 120 Å². The molecule has 0 atom stereocenters. The van der Waals surface area contributed by atoms with E-state index in [9.17, 15) is 8.42 Å². The molecule has 0 fully saturated rings. The number of benzene rings is 2. The summed E-state index contributed by atoms with van der Waals surface area (Å²) in [7, 11) is -3.80. The summed E-state index contributed by atoms with van der Waals surface area (Å²) in [6.45, 7) is 7.56. The van der Waals surface area contributed by atoms with Crippen molar-refractivity contribution in [1.82, 2.24) is 0 Å². The lowest BCUT2D eigenvalue weighted by Crippen LogP contribution is -2.12. The van der Waals surface area contributed by atoms with E-state index in [0.717, 1.165) is 16.7 Å². The Balaban J connectivity index is 2.40. The van der Waals surface area contributed by atoms with Crippen LogP contribution in [-0.2, 0) is 10.1 Å². The lowest BCUT2D eigenvalue weighted by molar-refractivity contribution is 0.485. The van der Waals surface area contributed by atoms with Gasteiger partial charge in [0.25, 0.3) is 0 Å². The summed E-state index contributed by atoms with van der Waals surface area (Å²) in [6.07, 6.45) is 0. The molecule has 0 amide bonds. The van der Waals surface area contributed by atoms with Gasteiger partial charge >= 0.3 is 10.1 Å². The monoisotopic (exact) mass is 290 g/mol. The van der Waals surface area contributed by atoms with Crippen LogP contribution in [0.2, 0.25) is 0 Å². The molecular formula is C16H18O3S. The molecule has 4 heteroatoms. The van der Waals surface area contributed by atoms with Crippen molar-refractivity contribution in [3.8, 4) is 5.75 Å². The third-order valence-corrected chi connectivity index (χ3v) is 4.68. The van der Waals surface area contributed by atoms with E-state index in [1.165, 1.54) is 0 Å². The Kier molecular flexibility index (Phi) is 3.86. The first-order valence-electron chi connectivity index (χ1n) is 6.38. The average molecular weight is 290 g/mol. The van der Waals surface area contributed by atoms with Gasteiger partial charge in [-0.05, 0) is 62.6 Å². The van der Waals surface area contributed by atoms with Crippen LogP contribution in [0.25, 0.3) is 0 Å². The number of aryl methyl sites for hydroxylation is 4. The Morgan fingerprint density at radius 1 is 0.800 bits per heavy atom. The molecule has 0 saturated heterocycles. The van der Waals surface area contributed by atoms with Crippen molar-refractivity contribution >= 4 is 10.1 Å². The van der Waals surface area contributed by atoms with Gasteiger partial charge in [0.05, 0.1) is 0 Å². The summed E-state index contributed by atoms with van der Waals surface area (Å²) in [4.78, 5) is 0.223. The van der Waals surface area contributed by atoms with E-state index in [1.54, 1.807) is 25.1 Å². The first-order chi connectivity index (χ1) is 9.29. The highest BCUT2D eigenvalue weighted by atomic mass is 32.2. The minimum absolute atomic E-state index is 0.223. The summed E-state index contributed by atoms with van der Waals surface area (Å²) in [5.41, 5.74) is 3.75. The first-order valence-corrected chi connectivity index (χ1v) is 7.79. The van der Waals surface area contributed by atoms with Gasteiger partial charge in [0.2, 0.25) is 0 Å². The van der Waals surface area contributed by atoms with Crippen molar-refractivity contribution in [2.45, 2.75) is 32.6 Å². The zero-order chi connectivity index (χ0) is 14.9. The van der Waals surface area contributed by atoms with Gasteiger partial charge in [-0.15, -0.1) is 0 Å². The van der Waals surface area contributed by atoms with Crippen molar-refractivity contribution in [3.05, 3.63) is 58.7 Å². The Hall–Kier alpha value is -1.81. The standard InChI is InChI=1S/C16H18O3S/c1-11-5-7-15(8-6-11)19-20(17,18)16-10-13(3)12(2)9-14(16)4/h5-10H,1-4H3. The van der Waals surface area contributed by atoms with Crippen molar-refractivity contribution in [2.75, 3.05) is 0 Å². The highest BCUT2D eigenvalue weighted by Gasteiger charge is 2.20. The SMILES string of the molecule is Cc1ccc(OS(=O)(=O)c2cc(C)c(C)cc2C)cc1. The molecule has 0 aliphatic carbocycles. The molecule has 2 aromatic rings. The van der Waals surface area contributed by atoms with Crippen LogP contribution >= 0.6 is 0 Å². The predicted octanol–water partition coefficient (Wildman–Crippen LogP) is 3.69. The van der Waals surface area contributed by atoms with Crippen LogP contribution in [0.4, 0.5) is 0 Å². The van der Waals surface area contributed by atoms with Gasteiger partial charge in [0.15, 0.2) is 0 Å². The van der Waals surface area contributed by atoms with Crippen molar-refractivity contribution in [3.63, 3.8) is 0 Å². The quantitative estimate of drug-likeness (QED) is 0.810. The summed E-state index contributed by atoms with van der Waals surface area (Å²) >= 11 is 0. The molecule has 2 rings (SSSR count). The van der Waals surface area contributed by atoms with E-state index in [2.05, 4.69) is 0 Å². The van der Waals surface area contributed by atoms with Crippen molar-refractivity contribution in [1.29, 1.82) is 0 Å². The second-order valence-electron chi connectivity index (χ2n) is 5.05. The lowest BCUT2D eigenvalue weighted by atomic mass is 10.1. The van der Waals surface area contributed by atoms with E-state index >= 15 is 0 Å². The molecule has 3 nitrogen and oxygen atoms in total. The number of rotatable bonds is 3. The molecule has 0 radical (unpaired) electrons. The average Bonchev–Trinajstić information content (AvgIpc) is 2.36. The van der Waals surface area contributed by atoms with Crippen LogP contribution in [0.3, 0.4) is 0 Å². The normalized spacial score (nSPS) is 11.4. The molecule has 0 spiro atoms. The van der Waals surface area contributed by atoms with Crippen LogP contribution in [0.5, 0.6) is 5.75 Å². The highest BCUT2D eigenvalue weighted by Crippen LogP contribution is 2.24. The molecule has 0 bridgehead atoms. The van der Waals surface area contributed by atoms with E-state index in [1.807, 2.05) is 39.0 Å². The molecule has 20 heavy (non-hydrogen) atoms. The number of hydrogen-bond acceptors (Lipinski definition) is 3. The van der Waals surface area contributed by atoms with Crippen LogP contribution in [0.1, 0.15) is 22.3 Å². The van der Waals surface area contributed by atoms with Gasteiger partial charge in [0, 0.05) is 0 Å². The second kappa shape index (κ2) is 5.29. The molecule has 0 saturated carbocycles. The van der Waals surface area contributed by atoms with Crippen molar-refractivity contribution in [2.24, 2.45) is 0 Å². The topological polar surface area (TPSA) is 43.4 Å². The van der Waals surface area contributed by atoms with Crippen LogP contribution in [0.15, 0.2) is 41.3 Å². The Morgan fingerprint density at radius 3 is 1.95 bits per heavy atom. The summed E-state index contributed by atoms with van der Waals surface area (Å²) in [5.74, 6) is 0.327. The van der Waals surface area contributed by atoms with Crippen LogP contribution in [0, 0.1) is 27.7 Å². The molecule has 0 aliphatic rings. The fourth-order valence-corrected chi connectivity index (χ4v) is 3.20. The lowest BCUT2D eigenvalue weighted by Gasteiger charge is -2.11. The van der Waals surface area contributed by atoms with Gasteiger partial charge in [-0.1, -0.05) is 23.8 Å². The maximum atomic E-state index is 12.3. The Bertz CT molecular complexity index is 729. The fraction of sp³-hybridized carbons (Fsp3) is 0.250. The second-order valence-corrected chi connectivity index (χ2v) is 6.57. The molecule has 0 aliphatic heterocycles. The maximum Gasteiger partial charge on any atom is 0.339 e. The fourth-order valence-electron chi connectivity index (χ4n) is 1.97. The molecule has 2 aromatic carbocycles. The Morgan fingerprint density at radius 2 is 1.35 bits per heavy atom. The predicted molar refractivity (Wildman–Crippen MR) is 79.6 cm³/mol.